The van der Waals surface area contributed by atoms with Crippen molar-refractivity contribution in [1.29, 1.82) is 0 Å². The Morgan fingerprint density at radius 1 is 1.32 bits per heavy atom. The van der Waals surface area contributed by atoms with E-state index < -0.39 is 12.1 Å². The molecule has 0 saturated carbocycles. The van der Waals surface area contributed by atoms with Crippen molar-refractivity contribution < 1.29 is 14.6 Å². The lowest BCUT2D eigenvalue weighted by atomic mass is 10.1. The van der Waals surface area contributed by atoms with Crippen LogP contribution in [0, 0.1) is 0 Å². The summed E-state index contributed by atoms with van der Waals surface area (Å²) < 4.78 is 5.36. The van der Waals surface area contributed by atoms with Gasteiger partial charge >= 0.3 is 5.97 Å². The predicted molar refractivity (Wildman–Crippen MR) is 74.7 cm³/mol. The zero-order valence-corrected chi connectivity index (χ0v) is 11.9. The number of rotatable bonds is 7. The Bertz CT molecular complexity index is 380. The fourth-order valence-corrected chi connectivity index (χ4v) is 1.73. The number of likely N-dealkylation sites (N-methyl/N-ethyl adjacent to an activating group) is 1. The first-order valence-electron chi connectivity index (χ1n) is 6.70. The van der Waals surface area contributed by atoms with E-state index in [0.717, 1.165) is 13.0 Å². The number of aliphatic hydroxyl groups is 1. The molecule has 0 bridgehead atoms. The average molecular weight is 265 g/mol. The normalized spacial score (nSPS) is 14.2. The lowest BCUT2D eigenvalue weighted by Gasteiger charge is -2.23. The molecular formula is C15H23NO3. The minimum Gasteiger partial charge on any atom is -0.459 e. The van der Waals surface area contributed by atoms with Crippen molar-refractivity contribution in [3.63, 3.8) is 0 Å². The van der Waals surface area contributed by atoms with Crippen LogP contribution in [-0.4, -0.2) is 42.2 Å². The molecule has 0 saturated heterocycles. The maximum atomic E-state index is 11.9. The largest absolute Gasteiger partial charge is 0.459 e. The van der Waals surface area contributed by atoms with Crippen molar-refractivity contribution in [3.05, 3.63) is 35.9 Å². The van der Waals surface area contributed by atoms with Gasteiger partial charge in [-0.05, 0) is 25.6 Å². The van der Waals surface area contributed by atoms with Gasteiger partial charge in [-0.15, -0.1) is 0 Å². The molecule has 106 valence electrons. The van der Waals surface area contributed by atoms with Gasteiger partial charge in [0.2, 0.25) is 0 Å². The molecule has 0 amide bonds. The quantitative estimate of drug-likeness (QED) is 0.766. The standard InChI is InChI=1S/C15H23NO3/c1-4-13(11-16(3)5-2)19-15(18)14(17)12-9-7-6-8-10-12/h6-10,13-14,17H,4-5,11H2,1-3H3/t13-,14+/m1/s1. The van der Waals surface area contributed by atoms with E-state index in [-0.39, 0.29) is 6.10 Å². The van der Waals surface area contributed by atoms with E-state index in [1.807, 2.05) is 27.0 Å². The van der Waals surface area contributed by atoms with Crippen LogP contribution < -0.4 is 0 Å². The molecule has 0 radical (unpaired) electrons. The molecule has 0 spiro atoms. The van der Waals surface area contributed by atoms with Gasteiger partial charge in [0.05, 0.1) is 0 Å². The molecule has 0 heterocycles. The van der Waals surface area contributed by atoms with E-state index in [9.17, 15) is 9.90 Å². The highest BCUT2D eigenvalue weighted by Crippen LogP contribution is 2.15. The van der Waals surface area contributed by atoms with Crippen LogP contribution in [0.1, 0.15) is 31.9 Å². The third kappa shape index (κ3) is 5.01. The number of carbonyl (C=O) groups is 1. The number of nitrogens with zero attached hydrogens (tertiary/aromatic N) is 1. The number of aliphatic hydroxyl groups excluding tert-OH is 1. The molecule has 0 aromatic heterocycles. The van der Waals surface area contributed by atoms with Gasteiger partial charge < -0.3 is 14.7 Å². The first kappa shape index (κ1) is 15.7. The minimum absolute atomic E-state index is 0.184. The SMILES string of the molecule is CC[C@H](CN(C)CC)OC(=O)[C@@H](O)c1ccccc1. The van der Waals surface area contributed by atoms with Gasteiger partial charge in [-0.1, -0.05) is 44.2 Å². The van der Waals surface area contributed by atoms with Crippen LogP contribution in [-0.2, 0) is 9.53 Å². The molecule has 0 aliphatic heterocycles. The Labute approximate surface area is 115 Å². The Kier molecular flexibility index (Phi) is 6.53. The Balaban J connectivity index is 2.57. The Morgan fingerprint density at radius 3 is 2.47 bits per heavy atom. The highest BCUT2D eigenvalue weighted by atomic mass is 16.6. The number of ether oxygens (including phenoxy) is 1. The first-order valence-corrected chi connectivity index (χ1v) is 6.70. The van der Waals surface area contributed by atoms with Crippen LogP contribution in [0.2, 0.25) is 0 Å². The summed E-state index contributed by atoms with van der Waals surface area (Å²) in [5.74, 6) is -0.581. The van der Waals surface area contributed by atoms with Crippen LogP contribution >= 0.6 is 0 Å². The van der Waals surface area contributed by atoms with Gasteiger partial charge in [-0.2, -0.15) is 0 Å². The summed E-state index contributed by atoms with van der Waals surface area (Å²) in [6, 6.07) is 8.84. The van der Waals surface area contributed by atoms with Crippen molar-refractivity contribution >= 4 is 5.97 Å². The summed E-state index contributed by atoms with van der Waals surface area (Å²) in [6.45, 7) is 5.60. The minimum atomic E-state index is -1.21. The molecule has 0 unspecified atom stereocenters. The van der Waals surface area contributed by atoms with Crippen LogP contribution in [0.4, 0.5) is 0 Å². The summed E-state index contributed by atoms with van der Waals surface area (Å²) in [5, 5.41) is 9.94. The molecule has 1 aromatic rings. The van der Waals surface area contributed by atoms with E-state index in [0.29, 0.717) is 12.1 Å². The number of hydrogen-bond acceptors (Lipinski definition) is 4. The van der Waals surface area contributed by atoms with Crippen molar-refractivity contribution in [2.75, 3.05) is 20.1 Å². The predicted octanol–water partition coefficient (Wildman–Crippen LogP) is 1.99. The van der Waals surface area contributed by atoms with Crippen LogP contribution in [0.5, 0.6) is 0 Å². The maximum absolute atomic E-state index is 11.9. The van der Waals surface area contributed by atoms with E-state index in [1.165, 1.54) is 0 Å². The molecule has 1 rings (SSSR count). The van der Waals surface area contributed by atoms with Crippen LogP contribution in [0.3, 0.4) is 0 Å². The van der Waals surface area contributed by atoms with Crippen molar-refractivity contribution in [3.8, 4) is 0 Å². The molecule has 19 heavy (non-hydrogen) atoms. The zero-order valence-electron chi connectivity index (χ0n) is 11.9. The van der Waals surface area contributed by atoms with Crippen molar-refractivity contribution in [1.82, 2.24) is 4.90 Å². The van der Waals surface area contributed by atoms with Crippen LogP contribution in [0.15, 0.2) is 30.3 Å². The smallest absolute Gasteiger partial charge is 0.339 e. The molecule has 0 aliphatic carbocycles. The summed E-state index contributed by atoms with van der Waals surface area (Å²) in [7, 11) is 1.98. The summed E-state index contributed by atoms with van der Waals surface area (Å²) in [4.78, 5) is 14.0. The fourth-order valence-electron chi connectivity index (χ4n) is 1.73. The molecule has 0 aliphatic rings. The molecule has 1 aromatic carbocycles. The third-order valence-corrected chi connectivity index (χ3v) is 3.13. The topological polar surface area (TPSA) is 49.8 Å². The third-order valence-electron chi connectivity index (χ3n) is 3.13. The van der Waals surface area contributed by atoms with E-state index in [4.69, 9.17) is 4.74 Å². The van der Waals surface area contributed by atoms with Crippen molar-refractivity contribution in [2.24, 2.45) is 0 Å². The fraction of sp³-hybridized carbons (Fsp3) is 0.533. The second kappa shape index (κ2) is 7.92. The second-order valence-electron chi connectivity index (χ2n) is 4.64. The Hall–Kier alpha value is -1.39. The van der Waals surface area contributed by atoms with E-state index in [1.54, 1.807) is 24.3 Å². The lowest BCUT2D eigenvalue weighted by molar-refractivity contribution is -0.160. The number of esters is 1. The zero-order chi connectivity index (χ0) is 14.3. The molecule has 0 fully saturated rings. The summed E-state index contributed by atoms with van der Waals surface area (Å²) in [5.41, 5.74) is 0.561. The highest BCUT2D eigenvalue weighted by Gasteiger charge is 2.22. The summed E-state index contributed by atoms with van der Waals surface area (Å²) in [6.07, 6.45) is -0.657. The maximum Gasteiger partial charge on any atom is 0.339 e. The first-order chi connectivity index (χ1) is 9.08. The van der Waals surface area contributed by atoms with Gasteiger partial charge in [-0.25, -0.2) is 4.79 Å². The molecular weight excluding hydrogens is 242 g/mol. The van der Waals surface area contributed by atoms with Gasteiger partial charge in [0, 0.05) is 6.54 Å². The number of hydrogen-bond donors (Lipinski definition) is 1. The van der Waals surface area contributed by atoms with Crippen molar-refractivity contribution in [2.45, 2.75) is 32.5 Å². The second-order valence-corrected chi connectivity index (χ2v) is 4.64. The van der Waals surface area contributed by atoms with Gasteiger partial charge in [0.15, 0.2) is 6.10 Å². The van der Waals surface area contributed by atoms with E-state index in [2.05, 4.69) is 4.90 Å². The van der Waals surface area contributed by atoms with Gasteiger partial charge in [0.25, 0.3) is 0 Å². The van der Waals surface area contributed by atoms with Gasteiger partial charge in [0.1, 0.15) is 6.10 Å². The summed E-state index contributed by atoms with van der Waals surface area (Å²) >= 11 is 0. The number of benzene rings is 1. The molecule has 1 N–H and O–H groups in total. The molecule has 4 heteroatoms. The monoisotopic (exact) mass is 265 g/mol. The van der Waals surface area contributed by atoms with Crippen LogP contribution in [0.25, 0.3) is 0 Å². The average Bonchev–Trinajstić information content (AvgIpc) is 2.46. The number of carbonyl (C=O) groups excluding carboxylic acids is 1. The molecule has 2 atom stereocenters. The molecule has 4 nitrogen and oxygen atoms in total. The lowest BCUT2D eigenvalue weighted by Crippen LogP contribution is -2.33. The van der Waals surface area contributed by atoms with Gasteiger partial charge in [-0.3, -0.25) is 0 Å². The highest BCUT2D eigenvalue weighted by molar-refractivity contribution is 5.76. The van der Waals surface area contributed by atoms with E-state index >= 15 is 0 Å². The Morgan fingerprint density at radius 2 is 1.95 bits per heavy atom.